The Balaban J connectivity index is 1.50. The van der Waals surface area contributed by atoms with Crippen LogP contribution in [0.2, 0.25) is 0 Å². The highest BCUT2D eigenvalue weighted by atomic mass is 16.5. The van der Waals surface area contributed by atoms with Crippen LogP contribution in [0.5, 0.6) is 5.75 Å². The quantitative estimate of drug-likeness (QED) is 0.753. The normalized spacial score (nSPS) is 12.9. The Hall–Kier alpha value is -3.02. The van der Waals surface area contributed by atoms with Crippen molar-refractivity contribution in [1.82, 2.24) is 10.6 Å². The predicted molar refractivity (Wildman–Crippen MR) is 105 cm³/mol. The number of amides is 3. The summed E-state index contributed by atoms with van der Waals surface area (Å²) in [4.78, 5) is 25.3. The van der Waals surface area contributed by atoms with Crippen LogP contribution >= 0.6 is 0 Å². The first-order chi connectivity index (χ1) is 13.1. The summed E-state index contributed by atoms with van der Waals surface area (Å²) in [5.74, 6) is 0.672. The number of rotatable bonds is 8. The molecule has 0 saturated heterocycles. The molecule has 1 aliphatic rings. The summed E-state index contributed by atoms with van der Waals surface area (Å²) in [6, 6.07) is 17.5. The summed E-state index contributed by atoms with van der Waals surface area (Å²) in [6.07, 6.45) is 2.09. The smallest absolute Gasteiger partial charge is 0.315 e. The fourth-order valence-corrected chi connectivity index (χ4v) is 2.68. The zero-order chi connectivity index (χ0) is 19.1. The van der Waals surface area contributed by atoms with E-state index in [1.54, 1.807) is 4.90 Å². The van der Waals surface area contributed by atoms with Gasteiger partial charge >= 0.3 is 6.03 Å². The van der Waals surface area contributed by atoms with E-state index >= 15 is 0 Å². The first kappa shape index (κ1) is 18.8. The lowest BCUT2D eigenvalue weighted by Gasteiger charge is -2.22. The van der Waals surface area contributed by atoms with Gasteiger partial charge in [0.25, 0.3) is 0 Å². The number of ether oxygens (including phenoxy) is 1. The summed E-state index contributed by atoms with van der Waals surface area (Å²) in [6.45, 7) is 2.82. The molecule has 27 heavy (non-hydrogen) atoms. The third-order valence-corrected chi connectivity index (χ3v) is 4.31. The van der Waals surface area contributed by atoms with Crippen molar-refractivity contribution in [2.45, 2.75) is 32.4 Å². The van der Waals surface area contributed by atoms with Gasteiger partial charge in [0.1, 0.15) is 12.4 Å². The van der Waals surface area contributed by atoms with Gasteiger partial charge in [-0.3, -0.25) is 4.79 Å². The molecule has 6 heteroatoms. The second kappa shape index (κ2) is 9.07. The van der Waals surface area contributed by atoms with Gasteiger partial charge in [0.05, 0.1) is 0 Å². The van der Waals surface area contributed by atoms with Crippen LogP contribution in [0.3, 0.4) is 0 Å². The molecule has 2 N–H and O–H groups in total. The largest absolute Gasteiger partial charge is 0.489 e. The van der Waals surface area contributed by atoms with Crippen LogP contribution < -0.4 is 20.3 Å². The number of benzene rings is 2. The maximum Gasteiger partial charge on any atom is 0.315 e. The highest BCUT2D eigenvalue weighted by molar-refractivity contribution is 5.91. The van der Waals surface area contributed by atoms with E-state index in [0.29, 0.717) is 25.7 Å². The van der Waals surface area contributed by atoms with Crippen molar-refractivity contribution in [3.05, 3.63) is 60.2 Å². The van der Waals surface area contributed by atoms with Crippen LogP contribution in [0.15, 0.2) is 54.6 Å². The zero-order valence-electron chi connectivity index (χ0n) is 15.5. The lowest BCUT2D eigenvalue weighted by Crippen LogP contribution is -2.42. The number of carbonyl (C=O) groups excluding carboxylic acids is 2. The fourth-order valence-electron chi connectivity index (χ4n) is 2.68. The summed E-state index contributed by atoms with van der Waals surface area (Å²) in [7, 11) is 0. The molecular formula is C21H25N3O3. The molecular weight excluding hydrogens is 342 g/mol. The second-order valence-electron chi connectivity index (χ2n) is 6.61. The van der Waals surface area contributed by atoms with E-state index in [1.165, 1.54) is 6.92 Å². The Morgan fingerprint density at radius 2 is 1.78 bits per heavy atom. The third-order valence-electron chi connectivity index (χ3n) is 4.31. The number of nitrogens with one attached hydrogen (secondary N) is 2. The molecule has 142 valence electrons. The van der Waals surface area contributed by atoms with Gasteiger partial charge in [-0.15, -0.1) is 0 Å². The number of urea groups is 1. The molecule has 0 aliphatic heterocycles. The van der Waals surface area contributed by atoms with Crippen LogP contribution in [0.1, 0.15) is 25.3 Å². The van der Waals surface area contributed by atoms with E-state index in [1.807, 2.05) is 54.6 Å². The topological polar surface area (TPSA) is 70.7 Å². The highest BCUT2D eigenvalue weighted by Crippen LogP contribution is 2.21. The lowest BCUT2D eigenvalue weighted by molar-refractivity contribution is -0.116. The molecule has 0 radical (unpaired) electrons. The van der Waals surface area contributed by atoms with Crippen molar-refractivity contribution in [3.8, 4) is 5.75 Å². The van der Waals surface area contributed by atoms with Gasteiger partial charge < -0.3 is 20.3 Å². The molecule has 6 nitrogen and oxygen atoms in total. The van der Waals surface area contributed by atoms with E-state index in [4.69, 9.17) is 4.74 Å². The Kier molecular flexibility index (Phi) is 6.30. The number of hydrogen-bond donors (Lipinski definition) is 2. The Bertz CT molecular complexity index is 758. The second-order valence-corrected chi connectivity index (χ2v) is 6.61. The lowest BCUT2D eigenvalue weighted by atomic mass is 10.2. The van der Waals surface area contributed by atoms with Crippen LogP contribution in [0.25, 0.3) is 0 Å². The van der Waals surface area contributed by atoms with Gasteiger partial charge in [-0.1, -0.05) is 30.3 Å². The number of hydrogen-bond acceptors (Lipinski definition) is 3. The molecule has 0 unspecified atom stereocenters. The van der Waals surface area contributed by atoms with E-state index < -0.39 is 0 Å². The van der Waals surface area contributed by atoms with Gasteiger partial charge in [-0.25, -0.2) is 4.79 Å². The summed E-state index contributed by atoms with van der Waals surface area (Å²) in [5.41, 5.74) is 1.88. The summed E-state index contributed by atoms with van der Waals surface area (Å²) in [5, 5.41) is 5.65. The Labute approximate surface area is 159 Å². The number of carbonyl (C=O) groups is 2. The Morgan fingerprint density at radius 1 is 1.07 bits per heavy atom. The number of nitrogens with zero attached hydrogens (tertiary/aromatic N) is 1. The van der Waals surface area contributed by atoms with E-state index in [9.17, 15) is 9.59 Å². The fraction of sp³-hybridized carbons (Fsp3) is 0.333. The van der Waals surface area contributed by atoms with Gasteiger partial charge in [0.15, 0.2) is 0 Å². The van der Waals surface area contributed by atoms with Crippen molar-refractivity contribution in [1.29, 1.82) is 0 Å². The van der Waals surface area contributed by atoms with Gasteiger partial charge in [-0.2, -0.15) is 0 Å². The average molecular weight is 367 g/mol. The zero-order valence-corrected chi connectivity index (χ0v) is 15.5. The van der Waals surface area contributed by atoms with Gasteiger partial charge in [0.2, 0.25) is 5.91 Å². The van der Waals surface area contributed by atoms with Crippen LogP contribution in [0.4, 0.5) is 10.5 Å². The van der Waals surface area contributed by atoms with Crippen molar-refractivity contribution in [2.24, 2.45) is 0 Å². The van der Waals surface area contributed by atoms with E-state index in [2.05, 4.69) is 10.6 Å². The van der Waals surface area contributed by atoms with E-state index in [0.717, 1.165) is 29.8 Å². The van der Waals surface area contributed by atoms with Crippen LogP contribution in [0, 0.1) is 0 Å². The monoisotopic (exact) mass is 367 g/mol. The molecule has 3 rings (SSSR count). The minimum Gasteiger partial charge on any atom is -0.489 e. The SMILES string of the molecule is CC(=O)N(CCNC(=O)NC1CC1)c1ccc(OCc2ccccc2)cc1. The van der Waals surface area contributed by atoms with Crippen molar-refractivity contribution >= 4 is 17.6 Å². The first-order valence-electron chi connectivity index (χ1n) is 9.21. The van der Waals surface area contributed by atoms with Crippen molar-refractivity contribution in [2.75, 3.05) is 18.0 Å². The summed E-state index contributed by atoms with van der Waals surface area (Å²) < 4.78 is 5.77. The van der Waals surface area contributed by atoms with E-state index in [-0.39, 0.29) is 11.9 Å². The molecule has 0 spiro atoms. The summed E-state index contributed by atoms with van der Waals surface area (Å²) >= 11 is 0. The van der Waals surface area contributed by atoms with Gasteiger partial charge in [-0.05, 0) is 42.7 Å². The highest BCUT2D eigenvalue weighted by Gasteiger charge is 2.23. The van der Waals surface area contributed by atoms with Crippen molar-refractivity contribution in [3.63, 3.8) is 0 Å². The minimum absolute atomic E-state index is 0.0719. The molecule has 1 fully saturated rings. The van der Waals surface area contributed by atoms with Crippen LogP contribution in [-0.4, -0.2) is 31.1 Å². The molecule has 1 aliphatic carbocycles. The standard InChI is InChI=1S/C21H25N3O3/c1-16(25)24(14-13-22-21(26)23-18-7-8-18)19-9-11-20(12-10-19)27-15-17-5-3-2-4-6-17/h2-6,9-12,18H,7-8,13-15H2,1H3,(H2,22,23,26). The molecule has 3 amide bonds. The average Bonchev–Trinajstić information content (AvgIpc) is 3.49. The maximum atomic E-state index is 12.0. The van der Waals surface area contributed by atoms with Crippen molar-refractivity contribution < 1.29 is 14.3 Å². The molecule has 1 saturated carbocycles. The molecule has 2 aromatic carbocycles. The molecule has 0 bridgehead atoms. The molecule has 0 aromatic heterocycles. The van der Waals surface area contributed by atoms with Crippen LogP contribution in [-0.2, 0) is 11.4 Å². The number of anilines is 1. The van der Waals surface area contributed by atoms with Gasteiger partial charge in [0, 0.05) is 31.7 Å². The minimum atomic E-state index is -0.175. The molecule has 0 heterocycles. The first-order valence-corrected chi connectivity index (χ1v) is 9.21. The molecule has 2 aromatic rings. The maximum absolute atomic E-state index is 12.0. The Morgan fingerprint density at radius 3 is 2.41 bits per heavy atom. The third kappa shape index (κ3) is 6.02. The molecule has 0 atom stereocenters. The predicted octanol–water partition coefficient (Wildman–Crippen LogP) is 3.08.